The van der Waals surface area contributed by atoms with Gasteiger partial charge in [0.05, 0.1) is 15.7 Å². The highest BCUT2D eigenvalue weighted by Gasteiger charge is 2.19. The first kappa shape index (κ1) is 16.1. The highest BCUT2D eigenvalue weighted by molar-refractivity contribution is 6.42. The van der Waals surface area contributed by atoms with Crippen molar-refractivity contribution < 1.29 is 0 Å². The van der Waals surface area contributed by atoms with Crippen LogP contribution < -0.4 is 5.32 Å². The lowest BCUT2D eigenvalue weighted by atomic mass is 9.95. The zero-order valence-electron chi connectivity index (χ0n) is 12.7. The van der Waals surface area contributed by atoms with Gasteiger partial charge in [0.2, 0.25) is 0 Å². The summed E-state index contributed by atoms with van der Waals surface area (Å²) in [6.45, 7) is 9.13. The second-order valence-electron chi connectivity index (χ2n) is 5.87. The maximum Gasteiger partial charge on any atom is 0.136 e. The largest absolute Gasteiger partial charge is 0.370 e. The molecule has 1 aromatic heterocycles. The van der Waals surface area contributed by atoms with Crippen molar-refractivity contribution in [3.05, 3.63) is 40.1 Å². The second-order valence-corrected chi connectivity index (χ2v) is 6.69. The van der Waals surface area contributed by atoms with Gasteiger partial charge in [-0.1, -0.05) is 50.0 Å². The van der Waals surface area contributed by atoms with Crippen LogP contribution in [-0.2, 0) is 5.41 Å². The summed E-state index contributed by atoms with van der Waals surface area (Å²) in [6, 6.07) is 7.45. The third-order valence-electron chi connectivity index (χ3n) is 2.97. The van der Waals surface area contributed by atoms with Crippen LogP contribution in [0.1, 0.15) is 33.5 Å². The molecule has 1 aromatic carbocycles. The maximum atomic E-state index is 6.10. The van der Waals surface area contributed by atoms with Crippen LogP contribution >= 0.6 is 23.2 Å². The number of rotatable bonds is 3. The molecule has 5 heteroatoms. The van der Waals surface area contributed by atoms with Gasteiger partial charge in [0.1, 0.15) is 11.6 Å². The molecule has 3 nitrogen and oxygen atoms in total. The molecule has 2 aromatic rings. The molecular weight excluding hydrogens is 305 g/mol. The van der Waals surface area contributed by atoms with Gasteiger partial charge in [0.15, 0.2) is 0 Å². The summed E-state index contributed by atoms with van der Waals surface area (Å²) in [4.78, 5) is 9.25. The lowest BCUT2D eigenvalue weighted by Crippen LogP contribution is -2.17. The van der Waals surface area contributed by atoms with E-state index < -0.39 is 0 Å². The minimum atomic E-state index is -0.129. The van der Waals surface area contributed by atoms with E-state index in [1.165, 1.54) is 0 Å². The van der Waals surface area contributed by atoms with Gasteiger partial charge < -0.3 is 5.32 Å². The minimum Gasteiger partial charge on any atom is -0.370 e. The van der Waals surface area contributed by atoms with E-state index in [0.717, 1.165) is 29.4 Å². The average molecular weight is 324 g/mol. The highest BCUT2D eigenvalue weighted by atomic mass is 35.5. The predicted molar refractivity (Wildman–Crippen MR) is 90.4 cm³/mol. The van der Waals surface area contributed by atoms with Gasteiger partial charge >= 0.3 is 0 Å². The maximum absolute atomic E-state index is 6.10. The third-order valence-corrected chi connectivity index (χ3v) is 3.71. The van der Waals surface area contributed by atoms with Crippen molar-refractivity contribution in [2.75, 3.05) is 11.9 Å². The molecule has 0 aliphatic rings. The van der Waals surface area contributed by atoms with Crippen LogP contribution in [0.3, 0.4) is 0 Å². The second kappa shape index (κ2) is 6.20. The summed E-state index contributed by atoms with van der Waals surface area (Å²) in [7, 11) is 0. The smallest absolute Gasteiger partial charge is 0.136 e. The van der Waals surface area contributed by atoms with Gasteiger partial charge in [0.25, 0.3) is 0 Å². The Morgan fingerprint density at radius 1 is 1.05 bits per heavy atom. The van der Waals surface area contributed by atoms with E-state index in [-0.39, 0.29) is 5.41 Å². The summed E-state index contributed by atoms with van der Waals surface area (Å²) < 4.78 is 0. The molecule has 2 rings (SSSR count). The Labute approximate surface area is 135 Å². The molecule has 0 radical (unpaired) electrons. The molecule has 0 aliphatic carbocycles. The highest BCUT2D eigenvalue weighted by Crippen LogP contribution is 2.30. The average Bonchev–Trinajstić information content (AvgIpc) is 2.41. The Morgan fingerprint density at radius 3 is 2.33 bits per heavy atom. The number of benzene rings is 1. The number of nitrogens with one attached hydrogen (secondary N) is 1. The van der Waals surface area contributed by atoms with Crippen LogP contribution in [0.2, 0.25) is 10.0 Å². The number of anilines is 1. The van der Waals surface area contributed by atoms with Crippen molar-refractivity contribution in [2.24, 2.45) is 0 Å². The first-order chi connectivity index (χ1) is 9.81. The zero-order chi connectivity index (χ0) is 15.6. The first-order valence-corrected chi connectivity index (χ1v) is 7.65. The molecule has 0 aliphatic heterocycles. The van der Waals surface area contributed by atoms with Crippen molar-refractivity contribution in [1.82, 2.24) is 9.97 Å². The molecule has 1 N–H and O–H groups in total. The van der Waals surface area contributed by atoms with E-state index in [4.69, 9.17) is 23.2 Å². The van der Waals surface area contributed by atoms with Gasteiger partial charge in [0, 0.05) is 23.6 Å². The Morgan fingerprint density at radius 2 is 1.76 bits per heavy atom. The van der Waals surface area contributed by atoms with E-state index in [2.05, 4.69) is 36.1 Å². The zero-order valence-corrected chi connectivity index (χ0v) is 14.2. The predicted octanol–water partition coefficient (Wildman–Crippen LogP) is 5.18. The molecule has 112 valence electrons. The fourth-order valence-corrected chi connectivity index (χ4v) is 2.16. The van der Waals surface area contributed by atoms with Gasteiger partial charge in [-0.15, -0.1) is 0 Å². The van der Waals surface area contributed by atoms with Crippen LogP contribution in [0.5, 0.6) is 0 Å². The van der Waals surface area contributed by atoms with Gasteiger partial charge in [-0.25, -0.2) is 9.97 Å². The van der Waals surface area contributed by atoms with Crippen LogP contribution in [0, 0.1) is 0 Å². The van der Waals surface area contributed by atoms with Gasteiger partial charge in [-0.3, -0.25) is 0 Å². The normalized spacial score (nSPS) is 11.5. The topological polar surface area (TPSA) is 37.8 Å². The van der Waals surface area contributed by atoms with Crippen molar-refractivity contribution in [1.29, 1.82) is 0 Å². The van der Waals surface area contributed by atoms with Crippen molar-refractivity contribution in [3.8, 4) is 11.3 Å². The van der Waals surface area contributed by atoms with Crippen LogP contribution in [0.25, 0.3) is 11.3 Å². The van der Waals surface area contributed by atoms with Crippen molar-refractivity contribution in [2.45, 2.75) is 33.1 Å². The number of aromatic nitrogens is 2. The quantitative estimate of drug-likeness (QED) is 0.845. The molecule has 0 unspecified atom stereocenters. The Hall–Kier alpha value is -1.32. The number of halogens is 2. The molecule has 0 saturated heterocycles. The molecule has 1 heterocycles. The van der Waals surface area contributed by atoms with Crippen molar-refractivity contribution >= 4 is 29.0 Å². The molecular formula is C16H19Cl2N3. The molecule has 0 fully saturated rings. The summed E-state index contributed by atoms with van der Waals surface area (Å²) in [6.07, 6.45) is 0. The molecule has 21 heavy (non-hydrogen) atoms. The first-order valence-electron chi connectivity index (χ1n) is 6.90. The lowest BCUT2D eigenvalue weighted by Gasteiger charge is -2.19. The van der Waals surface area contributed by atoms with Gasteiger partial charge in [-0.05, 0) is 19.1 Å². The third kappa shape index (κ3) is 3.86. The van der Waals surface area contributed by atoms with E-state index in [9.17, 15) is 0 Å². The molecule has 0 saturated carbocycles. The van der Waals surface area contributed by atoms with Gasteiger partial charge in [-0.2, -0.15) is 0 Å². The Balaban J connectivity index is 2.56. The summed E-state index contributed by atoms with van der Waals surface area (Å²) in [5.41, 5.74) is 1.64. The standard InChI is InChI=1S/C16H19Cl2N3/c1-5-19-14-9-13(20-15(21-14)16(2,3)4)10-6-7-11(17)12(18)8-10/h6-9H,5H2,1-4H3,(H,19,20,21). The summed E-state index contributed by atoms with van der Waals surface area (Å²) >= 11 is 12.1. The monoisotopic (exact) mass is 323 g/mol. The molecule has 0 spiro atoms. The number of hydrogen-bond acceptors (Lipinski definition) is 3. The SMILES string of the molecule is CCNc1cc(-c2ccc(Cl)c(Cl)c2)nc(C(C)(C)C)n1. The minimum absolute atomic E-state index is 0.129. The fourth-order valence-electron chi connectivity index (χ4n) is 1.86. The van der Waals surface area contributed by atoms with Crippen LogP contribution in [-0.4, -0.2) is 16.5 Å². The lowest BCUT2D eigenvalue weighted by molar-refractivity contribution is 0.546. The van der Waals surface area contributed by atoms with Crippen LogP contribution in [0.15, 0.2) is 24.3 Å². The van der Waals surface area contributed by atoms with Crippen LogP contribution in [0.4, 0.5) is 5.82 Å². The van der Waals surface area contributed by atoms with E-state index in [1.807, 2.05) is 25.1 Å². The molecule has 0 bridgehead atoms. The summed E-state index contributed by atoms with van der Waals surface area (Å²) in [5.74, 6) is 1.61. The van der Waals surface area contributed by atoms with E-state index in [1.54, 1.807) is 6.07 Å². The summed E-state index contributed by atoms with van der Waals surface area (Å²) in [5, 5.41) is 4.31. The Bertz CT molecular complexity index is 648. The number of hydrogen-bond donors (Lipinski definition) is 1. The van der Waals surface area contributed by atoms with Crippen molar-refractivity contribution in [3.63, 3.8) is 0 Å². The van der Waals surface area contributed by atoms with E-state index in [0.29, 0.717) is 10.0 Å². The Kier molecular flexibility index (Phi) is 4.74. The molecule has 0 atom stereocenters. The number of nitrogens with zero attached hydrogens (tertiary/aromatic N) is 2. The molecule has 0 amide bonds. The van der Waals surface area contributed by atoms with E-state index >= 15 is 0 Å². The fraction of sp³-hybridized carbons (Fsp3) is 0.375.